The molecule has 6 nitrogen and oxygen atoms in total. The predicted molar refractivity (Wildman–Crippen MR) is 104 cm³/mol. The van der Waals surface area contributed by atoms with Crippen LogP contribution in [-0.4, -0.2) is 40.9 Å². The number of imidazole rings is 1. The number of aryl methyl sites for hydroxylation is 2. The fourth-order valence-electron chi connectivity index (χ4n) is 3.73. The predicted octanol–water partition coefficient (Wildman–Crippen LogP) is 3.18. The Labute approximate surface area is 158 Å². The van der Waals surface area contributed by atoms with Gasteiger partial charge in [0.1, 0.15) is 12.2 Å². The molecular weight excluding hydrogens is 342 g/mol. The number of ether oxygens (including phenoxy) is 2. The second-order valence-corrected chi connectivity index (χ2v) is 6.93. The maximum Gasteiger partial charge on any atom is 0.161 e. The third-order valence-corrected chi connectivity index (χ3v) is 5.30. The molecule has 0 unspecified atom stereocenters. The molecule has 2 aromatic heterocycles. The molecular formula is C21H25N3O3. The number of nitrogens with one attached hydrogen (secondary N) is 1. The molecule has 3 atom stereocenters. The van der Waals surface area contributed by atoms with Crippen molar-refractivity contribution in [3.05, 3.63) is 65.1 Å². The quantitative estimate of drug-likeness (QED) is 0.678. The van der Waals surface area contributed by atoms with Gasteiger partial charge in [0.05, 0.1) is 30.6 Å². The summed E-state index contributed by atoms with van der Waals surface area (Å²) in [6.45, 7) is 4.96. The van der Waals surface area contributed by atoms with E-state index in [0.29, 0.717) is 13.2 Å². The molecule has 4 rings (SSSR count). The number of benzene rings is 1. The highest BCUT2D eigenvalue weighted by atomic mass is 16.5. The van der Waals surface area contributed by atoms with Crippen molar-refractivity contribution in [2.45, 2.75) is 32.1 Å². The molecule has 3 aromatic rings. The molecule has 0 bridgehead atoms. The van der Waals surface area contributed by atoms with E-state index in [1.54, 1.807) is 7.11 Å². The van der Waals surface area contributed by atoms with E-state index < -0.39 is 12.2 Å². The Bertz CT molecular complexity index is 939. The van der Waals surface area contributed by atoms with Gasteiger partial charge in [0.15, 0.2) is 5.65 Å². The molecule has 0 radical (unpaired) electrons. The SMILES string of the molecule is COCCO[C@@H]1c2ccn3c(C)c(C)nc3c2N[C@H](c2ccccc2)[C@@H]1O. The van der Waals surface area contributed by atoms with Crippen LogP contribution in [0.5, 0.6) is 0 Å². The maximum absolute atomic E-state index is 11.1. The number of rotatable bonds is 5. The van der Waals surface area contributed by atoms with Gasteiger partial charge in [0.25, 0.3) is 0 Å². The largest absolute Gasteiger partial charge is 0.388 e. The fourth-order valence-corrected chi connectivity index (χ4v) is 3.73. The summed E-state index contributed by atoms with van der Waals surface area (Å²) in [4.78, 5) is 4.75. The van der Waals surface area contributed by atoms with E-state index >= 15 is 0 Å². The highest BCUT2D eigenvalue weighted by Gasteiger charge is 2.38. The smallest absolute Gasteiger partial charge is 0.161 e. The minimum absolute atomic E-state index is 0.283. The van der Waals surface area contributed by atoms with Crippen LogP contribution in [0.3, 0.4) is 0 Å². The van der Waals surface area contributed by atoms with Gasteiger partial charge in [-0.3, -0.25) is 0 Å². The summed E-state index contributed by atoms with van der Waals surface area (Å²) in [6.07, 6.45) is 0.813. The third-order valence-electron chi connectivity index (χ3n) is 5.30. The summed E-state index contributed by atoms with van der Waals surface area (Å²) in [7, 11) is 1.64. The Morgan fingerprint density at radius 3 is 2.67 bits per heavy atom. The maximum atomic E-state index is 11.1. The lowest BCUT2D eigenvalue weighted by molar-refractivity contribution is -0.0633. The van der Waals surface area contributed by atoms with Crippen molar-refractivity contribution in [1.82, 2.24) is 9.38 Å². The number of anilines is 1. The second kappa shape index (κ2) is 7.31. The van der Waals surface area contributed by atoms with Crippen LogP contribution < -0.4 is 5.32 Å². The lowest BCUT2D eigenvalue weighted by Gasteiger charge is -2.38. The first-order valence-electron chi connectivity index (χ1n) is 9.20. The zero-order chi connectivity index (χ0) is 19.0. The van der Waals surface area contributed by atoms with Crippen LogP contribution in [0.25, 0.3) is 5.65 Å². The van der Waals surface area contributed by atoms with Crippen LogP contribution in [0, 0.1) is 13.8 Å². The van der Waals surface area contributed by atoms with Gasteiger partial charge < -0.3 is 24.3 Å². The molecule has 6 heteroatoms. The van der Waals surface area contributed by atoms with Crippen molar-refractivity contribution >= 4 is 11.3 Å². The van der Waals surface area contributed by atoms with Crippen LogP contribution >= 0.6 is 0 Å². The molecule has 1 aliphatic rings. The van der Waals surface area contributed by atoms with E-state index in [0.717, 1.165) is 33.8 Å². The normalized spacial score (nSPS) is 21.9. The number of methoxy groups -OCH3 is 1. The molecule has 0 fully saturated rings. The average Bonchev–Trinajstić information content (AvgIpc) is 2.98. The first kappa shape index (κ1) is 18.0. The highest BCUT2D eigenvalue weighted by Crippen LogP contribution is 2.43. The third kappa shape index (κ3) is 3.10. The minimum Gasteiger partial charge on any atom is -0.388 e. The van der Waals surface area contributed by atoms with E-state index in [-0.39, 0.29) is 6.04 Å². The number of fused-ring (bicyclic) bond motifs is 3. The second-order valence-electron chi connectivity index (χ2n) is 6.93. The van der Waals surface area contributed by atoms with E-state index in [9.17, 15) is 5.11 Å². The number of aliphatic hydroxyl groups excluding tert-OH is 1. The molecule has 0 spiro atoms. The van der Waals surface area contributed by atoms with Gasteiger partial charge in [-0.05, 0) is 25.5 Å². The highest BCUT2D eigenvalue weighted by molar-refractivity contribution is 5.75. The zero-order valence-electron chi connectivity index (χ0n) is 15.8. The van der Waals surface area contributed by atoms with Gasteiger partial charge in [-0.1, -0.05) is 30.3 Å². The van der Waals surface area contributed by atoms with Crippen LogP contribution in [0.1, 0.15) is 34.7 Å². The molecule has 1 aromatic carbocycles. The van der Waals surface area contributed by atoms with Gasteiger partial charge >= 0.3 is 0 Å². The standard InChI is InChI=1S/C21H25N3O3/c1-13-14(2)24-10-9-16-18(21(24)22-13)23-17(15-7-5-4-6-8-15)19(25)20(16)27-12-11-26-3/h4-10,17,19-20,23,25H,11-12H2,1-3H3/t17-,19+,20-/m1/s1. The van der Waals surface area contributed by atoms with Gasteiger partial charge in [0, 0.05) is 24.6 Å². The van der Waals surface area contributed by atoms with Crippen molar-refractivity contribution < 1.29 is 14.6 Å². The first-order chi connectivity index (χ1) is 13.1. The van der Waals surface area contributed by atoms with Crippen LogP contribution in [-0.2, 0) is 9.47 Å². The number of pyridine rings is 1. The lowest BCUT2D eigenvalue weighted by Crippen LogP contribution is -2.38. The van der Waals surface area contributed by atoms with Crippen LogP contribution in [0.4, 0.5) is 5.69 Å². The Balaban J connectivity index is 1.82. The van der Waals surface area contributed by atoms with E-state index in [2.05, 4.69) is 16.6 Å². The summed E-state index contributed by atoms with van der Waals surface area (Å²) in [5.41, 5.74) is 5.80. The molecule has 1 aliphatic heterocycles. The lowest BCUT2D eigenvalue weighted by atomic mass is 9.89. The Morgan fingerprint density at radius 2 is 1.93 bits per heavy atom. The molecule has 3 heterocycles. The summed E-state index contributed by atoms with van der Waals surface area (Å²) in [5, 5.41) is 14.6. The van der Waals surface area contributed by atoms with E-state index in [1.165, 1.54) is 0 Å². The molecule has 0 aliphatic carbocycles. The van der Waals surface area contributed by atoms with Gasteiger partial charge in [0.2, 0.25) is 0 Å². The van der Waals surface area contributed by atoms with Crippen molar-refractivity contribution in [2.24, 2.45) is 0 Å². The summed E-state index contributed by atoms with van der Waals surface area (Å²) in [6, 6.07) is 11.7. The minimum atomic E-state index is -0.726. The topological polar surface area (TPSA) is 68.0 Å². The number of aliphatic hydroxyl groups is 1. The van der Waals surface area contributed by atoms with Gasteiger partial charge in [-0.25, -0.2) is 4.98 Å². The summed E-state index contributed by atoms with van der Waals surface area (Å²) < 4.78 is 13.2. The molecule has 2 N–H and O–H groups in total. The first-order valence-corrected chi connectivity index (χ1v) is 9.20. The molecule has 142 valence electrons. The number of hydrogen-bond donors (Lipinski definition) is 2. The number of hydrogen-bond acceptors (Lipinski definition) is 5. The van der Waals surface area contributed by atoms with Gasteiger partial charge in [-0.15, -0.1) is 0 Å². The van der Waals surface area contributed by atoms with E-state index in [1.807, 2.05) is 49.5 Å². The van der Waals surface area contributed by atoms with Crippen molar-refractivity contribution in [3.8, 4) is 0 Å². The summed E-state index contributed by atoms with van der Waals surface area (Å²) in [5.74, 6) is 0. The zero-order valence-corrected chi connectivity index (χ0v) is 15.8. The molecule has 0 amide bonds. The Morgan fingerprint density at radius 1 is 1.15 bits per heavy atom. The van der Waals surface area contributed by atoms with Crippen molar-refractivity contribution in [2.75, 3.05) is 25.6 Å². The number of nitrogens with zero attached hydrogens (tertiary/aromatic N) is 2. The number of aromatic nitrogens is 2. The van der Waals surface area contributed by atoms with Crippen LogP contribution in [0.15, 0.2) is 42.6 Å². The summed E-state index contributed by atoms with van der Waals surface area (Å²) >= 11 is 0. The van der Waals surface area contributed by atoms with Crippen molar-refractivity contribution in [1.29, 1.82) is 0 Å². The van der Waals surface area contributed by atoms with Crippen LogP contribution in [0.2, 0.25) is 0 Å². The van der Waals surface area contributed by atoms with Crippen molar-refractivity contribution in [3.63, 3.8) is 0 Å². The fraction of sp³-hybridized carbons (Fsp3) is 0.381. The van der Waals surface area contributed by atoms with E-state index in [4.69, 9.17) is 14.5 Å². The Hall–Kier alpha value is -2.41. The average molecular weight is 367 g/mol. The molecule has 0 saturated carbocycles. The Kier molecular flexibility index (Phi) is 4.86. The molecule has 0 saturated heterocycles. The monoisotopic (exact) mass is 367 g/mol. The van der Waals surface area contributed by atoms with Gasteiger partial charge in [-0.2, -0.15) is 0 Å². The molecule has 27 heavy (non-hydrogen) atoms.